The molecule has 0 radical (unpaired) electrons. The summed E-state index contributed by atoms with van der Waals surface area (Å²) in [5, 5.41) is 3.01. The van der Waals surface area contributed by atoms with Crippen molar-refractivity contribution in [1.29, 1.82) is 0 Å². The Balaban J connectivity index is 2.35. The summed E-state index contributed by atoms with van der Waals surface area (Å²) >= 11 is 0. The minimum atomic E-state index is -0.454. The Morgan fingerprint density at radius 1 is 1.23 bits per heavy atom. The Bertz CT molecular complexity index is 905. The lowest BCUT2D eigenvalue weighted by atomic mass is 9.96. The molecule has 0 aliphatic heterocycles. The van der Waals surface area contributed by atoms with Crippen molar-refractivity contribution in [2.45, 2.75) is 47.7 Å². The highest BCUT2D eigenvalue weighted by atomic mass is 16.5. The summed E-state index contributed by atoms with van der Waals surface area (Å²) in [4.78, 5) is 30.9. The summed E-state index contributed by atoms with van der Waals surface area (Å²) in [5.41, 5.74) is 2.26. The number of likely N-dealkylation sites (N-methyl/N-ethyl adjacent to an activating group) is 1. The molecular formula is C23H34N4O3. The fourth-order valence-electron chi connectivity index (χ4n) is 3.12. The number of amides is 1. The number of benzene rings is 1. The molecule has 0 saturated heterocycles. The van der Waals surface area contributed by atoms with Gasteiger partial charge in [0.1, 0.15) is 5.82 Å². The van der Waals surface area contributed by atoms with E-state index in [0.29, 0.717) is 6.54 Å². The number of carbonyl (C=O) groups excluding carboxylic acids is 2. The Morgan fingerprint density at radius 2 is 1.93 bits per heavy atom. The van der Waals surface area contributed by atoms with Gasteiger partial charge in [-0.15, -0.1) is 0 Å². The minimum Gasteiger partial charge on any atom is -0.466 e. The molecule has 0 atom stereocenters. The van der Waals surface area contributed by atoms with Crippen molar-refractivity contribution in [2.24, 2.45) is 5.41 Å². The van der Waals surface area contributed by atoms with Gasteiger partial charge in [-0.2, -0.15) is 0 Å². The highest BCUT2D eigenvalue weighted by molar-refractivity contribution is 5.88. The Morgan fingerprint density at radius 3 is 2.53 bits per heavy atom. The van der Waals surface area contributed by atoms with E-state index in [9.17, 15) is 9.59 Å². The molecule has 0 unspecified atom stereocenters. The van der Waals surface area contributed by atoms with Crippen LogP contribution in [0.2, 0.25) is 0 Å². The molecule has 30 heavy (non-hydrogen) atoms. The fourth-order valence-corrected chi connectivity index (χ4v) is 3.12. The first-order valence-corrected chi connectivity index (χ1v) is 10.4. The van der Waals surface area contributed by atoms with Crippen molar-refractivity contribution in [2.75, 3.05) is 26.7 Å². The zero-order valence-electron chi connectivity index (χ0n) is 19.0. The van der Waals surface area contributed by atoms with Gasteiger partial charge in [0, 0.05) is 24.6 Å². The molecular weight excluding hydrogens is 380 g/mol. The zero-order chi connectivity index (χ0) is 22.3. The van der Waals surface area contributed by atoms with E-state index in [-0.39, 0.29) is 5.91 Å². The number of ether oxygens (including phenoxy) is 1. The largest absolute Gasteiger partial charge is 0.466 e. The molecule has 1 aromatic heterocycles. The maximum Gasteiger partial charge on any atom is 0.330 e. The quantitative estimate of drug-likeness (QED) is 0.504. The van der Waals surface area contributed by atoms with E-state index in [1.165, 1.54) is 13.2 Å². The lowest BCUT2D eigenvalue weighted by Gasteiger charge is -2.20. The molecule has 0 bridgehead atoms. The number of methoxy groups -OCH3 is 1. The number of imidazole rings is 1. The summed E-state index contributed by atoms with van der Waals surface area (Å²) in [6.45, 7) is 14.0. The van der Waals surface area contributed by atoms with Crippen LogP contribution >= 0.6 is 0 Å². The van der Waals surface area contributed by atoms with Crippen LogP contribution in [-0.4, -0.2) is 53.1 Å². The number of nitrogens with one attached hydrogen (secondary N) is 1. The molecule has 164 valence electrons. The average molecular weight is 415 g/mol. The van der Waals surface area contributed by atoms with Crippen molar-refractivity contribution in [1.82, 2.24) is 19.8 Å². The predicted molar refractivity (Wildman–Crippen MR) is 120 cm³/mol. The van der Waals surface area contributed by atoms with E-state index in [1.54, 1.807) is 6.08 Å². The smallest absolute Gasteiger partial charge is 0.330 e. The number of fused-ring (bicyclic) bond motifs is 1. The second-order valence-corrected chi connectivity index (χ2v) is 8.24. The lowest BCUT2D eigenvalue weighted by molar-refractivity contribution is -0.134. The molecule has 1 heterocycles. The molecule has 2 aromatic rings. The summed E-state index contributed by atoms with van der Waals surface area (Å²) in [7, 11) is 1.35. The van der Waals surface area contributed by atoms with Gasteiger partial charge >= 0.3 is 5.97 Å². The number of hydrogen-bond donors (Lipinski definition) is 1. The number of nitrogens with zero attached hydrogens (tertiary/aromatic N) is 3. The second-order valence-electron chi connectivity index (χ2n) is 8.24. The molecule has 0 fully saturated rings. The van der Waals surface area contributed by atoms with Gasteiger partial charge < -0.3 is 19.5 Å². The topological polar surface area (TPSA) is 76.5 Å². The van der Waals surface area contributed by atoms with Crippen molar-refractivity contribution in [3.05, 3.63) is 35.7 Å². The number of hydrogen-bond acceptors (Lipinski definition) is 5. The number of esters is 1. The number of aromatic nitrogens is 2. The van der Waals surface area contributed by atoms with E-state index in [4.69, 9.17) is 4.98 Å². The molecule has 0 aliphatic carbocycles. The maximum absolute atomic E-state index is 12.3. The van der Waals surface area contributed by atoms with Crippen LogP contribution in [0.5, 0.6) is 0 Å². The first-order valence-electron chi connectivity index (χ1n) is 10.4. The summed E-state index contributed by atoms with van der Waals surface area (Å²) in [5.74, 6) is 0.417. The van der Waals surface area contributed by atoms with Crippen LogP contribution in [-0.2, 0) is 27.4 Å². The van der Waals surface area contributed by atoms with Crippen molar-refractivity contribution < 1.29 is 14.3 Å². The van der Waals surface area contributed by atoms with Gasteiger partial charge in [-0.05, 0) is 36.9 Å². The van der Waals surface area contributed by atoms with E-state index < -0.39 is 11.4 Å². The molecule has 1 amide bonds. The summed E-state index contributed by atoms with van der Waals surface area (Å²) in [6, 6.07) is 5.91. The normalized spacial score (nSPS) is 12.1. The Kier molecular flexibility index (Phi) is 8.17. The standard InChI is InChI=1S/C23H34N4O3/c1-7-26(8-2)13-14-27-19-11-9-17(10-12-21(28)30-6)15-18(19)25-20(27)16-24-22(29)23(3,4)5/h9-12,15H,7-8,13-14,16H2,1-6H3,(H,24,29)/b12-10+. The van der Waals surface area contributed by atoms with Crippen LogP contribution in [0, 0.1) is 5.41 Å². The van der Waals surface area contributed by atoms with E-state index >= 15 is 0 Å². The van der Waals surface area contributed by atoms with Crippen LogP contribution in [0.25, 0.3) is 17.1 Å². The SMILES string of the molecule is CCN(CC)CCn1c(CNC(=O)C(C)(C)C)nc2cc(/C=C/C(=O)OC)ccc21. The van der Waals surface area contributed by atoms with Crippen LogP contribution < -0.4 is 5.32 Å². The fraction of sp³-hybridized carbons (Fsp3) is 0.522. The second kappa shape index (κ2) is 10.4. The number of rotatable bonds is 9. The third-order valence-corrected chi connectivity index (χ3v) is 5.09. The highest BCUT2D eigenvalue weighted by Gasteiger charge is 2.22. The van der Waals surface area contributed by atoms with Gasteiger partial charge in [-0.25, -0.2) is 9.78 Å². The predicted octanol–water partition coefficient (Wildman–Crippen LogP) is 3.23. The molecule has 0 saturated carbocycles. The highest BCUT2D eigenvalue weighted by Crippen LogP contribution is 2.20. The van der Waals surface area contributed by atoms with Crippen molar-refractivity contribution in [3.63, 3.8) is 0 Å². The van der Waals surface area contributed by atoms with E-state index in [2.05, 4.69) is 33.4 Å². The molecule has 7 nitrogen and oxygen atoms in total. The molecule has 0 spiro atoms. The van der Waals surface area contributed by atoms with Gasteiger partial charge in [-0.3, -0.25) is 4.79 Å². The van der Waals surface area contributed by atoms with Crippen LogP contribution in [0.4, 0.5) is 0 Å². The van der Waals surface area contributed by atoms with E-state index in [0.717, 1.165) is 48.6 Å². The third kappa shape index (κ3) is 6.16. The average Bonchev–Trinajstić information content (AvgIpc) is 3.06. The molecule has 1 N–H and O–H groups in total. The molecule has 0 aliphatic rings. The molecule has 7 heteroatoms. The van der Waals surface area contributed by atoms with Gasteiger partial charge in [0.2, 0.25) is 5.91 Å². The first-order chi connectivity index (χ1) is 14.2. The Hall–Kier alpha value is -2.67. The Labute approximate surface area is 179 Å². The first kappa shape index (κ1) is 23.6. The monoisotopic (exact) mass is 414 g/mol. The summed E-state index contributed by atoms with van der Waals surface area (Å²) in [6.07, 6.45) is 3.10. The maximum atomic E-state index is 12.3. The lowest BCUT2D eigenvalue weighted by Crippen LogP contribution is -2.35. The van der Waals surface area contributed by atoms with Gasteiger partial charge in [0.25, 0.3) is 0 Å². The van der Waals surface area contributed by atoms with Gasteiger partial charge in [0.05, 0.1) is 24.7 Å². The van der Waals surface area contributed by atoms with Crippen LogP contribution in [0.1, 0.15) is 46.0 Å². The third-order valence-electron chi connectivity index (χ3n) is 5.09. The van der Waals surface area contributed by atoms with E-state index in [1.807, 2.05) is 39.0 Å². The minimum absolute atomic E-state index is 0.00782. The number of carbonyl (C=O) groups is 2. The zero-order valence-corrected chi connectivity index (χ0v) is 19.0. The van der Waals surface area contributed by atoms with Crippen LogP contribution in [0.15, 0.2) is 24.3 Å². The van der Waals surface area contributed by atoms with Crippen molar-refractivity contribution >= 4 is 29.0 Å². The molecule has 1 aromatic carbocycles. The van der Waals surface area contributed by atoms with Crippen molar-refractivity contribution in [3.8, 4) is 0 Å². The van der Waals surface area contributed by atoms with Gasteiger partial charge in [-0.1, -0.05) is 40.7 Å². The molecule has 2 rings (SSSR count). The van der Waals surface area contributed by atoms with Gasteiger partial charge in [0.15, 0.2) is 0 Å². The van der Waals surface area contributed by atoms with Crippen LogP contribution in [0.3, 0.4) is 0 Å². The summed E-state index contributed by atoms with van der Waals surface area (Å²) < 4.78 is 6.82.